The number of carbonyl (C=O) groups is 2. The number of carboxylic acid groups (broad SMARTS) is 1. The van der Waals surface area contributed by atoms with Gasteiger partial charge in [-0.25, -0.2) is 0 Å². The van der Waals surface area contributed by atoms with E-state index >= 15 is 0 Å². The van der Waals surface area contributed by atoms with Crippen LogP contribution in [0.3, 0.4) is 0 Å². The van der Waals surface area contributed by atoms with Gasteiger partial charge >= 0.3 is 5.97 Å². The molecule has 0 atom stereocenters. The molecule has 0 aliphatic carbocycles. The largest absolute Gasteiger partial charge is 0.507 e. The SMILES string of the molecule is Cc1ccc(C(=O)CCC(=O)O)c(O)c1. The third kappa shape index (κ3) is 3.09. The van der Waals surface area contributed by atoms with E-state index in [0.717, 1.165) is 5.56 Å². The van der Waals surface area contributed by atoms with Crippen LogP contribution in [0.2, 0.25) is 0 Å². The van der Waals surface area contributed by atoms with E-state index in [4.69, 9.17) is 5.11 Å². The van der Waals surface area contributed by atoms with Crippen molar-refractivity contribution in [3.63, 3.8) is 0 Å². The number of hydrogen-bond acceptors (Lipinski definition) is 3. The predicted octanol–water partition coefficient (Wildman–Crippen LogP) is 1.75. The Morgan fingerprint density at radius 3 is 2.47 bits per heavy atom. The van der Waals surface area contributed by atoms with Gasteiger partial charge in [0.15, 0.2) is 5.78 Å². The second kappa shape index (κ2) is 4.59. The van der Waals surface area contributed by atoms with Gasteiger partial charge in [0.25, 0.3) is 0 Å². The van der Waals surface area contributed by atoms with Crippen LogP contribution in [0.5, 0.6) is 5.75 Å². The number of phenolic OH excluding ortho intramolecular Hbond substituents is 1. The molecular weight excluding hydrogens is 196 g/mol. The Balaban J connectivity index is 2.78. The predicted molar refractivity (Wildman–Crippen MR) is 54.0 cm³/mol. The smallest absolute Gasteiger partial charge is 0.303 e. The molecule has 4 nitrogen and oxygen atoms in total. The zero-order chi connectivity index (χ0) is 11.4. The van der Waals surface area contributed by atoms with Gasteiger partial charge in [0.05, 0.1) is 12.0 Å². The summed E-state index contributed by atoms with van der Waals surface area (Å²) < 4.78 is 0. The number of aliphatic carboxylic acids is 1. The topological polar surface area (TPSA) is 74.6 Å². The number of ketones is 1. The molecule has 1 aromatic rings. The van der Waals surface area contributed by atoms with Crippen molar-refractivity contribution in [1.82, 2.24) is 0 Å². The summed E-state index contributed by atoms with van der Waals surface area (Å²) >= 11 is 0. The zero-order valence-electron chi connectivity index (χ0n) is 8.36. The average Bonchev–Trinajstić information content (AvgIpc) is 2.14. The first-order valence-electron chi connectivity index (χ1n) is 4.55. The Morgan fingerprint density at radius 2 is 1.93 bits per heavy atom. The summed E-state index contributed by atoms with van der Waals surface area (Å²) in [6.07, 6.45) is -0.307. The summed E-state index contributed by atoms with van der Waals surface area (Å²) in [7, 11) is 0. The monoisotopic (exact) mass is 208 g/mol. The molecule has 15 heavy (non-hydrogen) atoms. The Labute approximate surface area is 87.2 Å². The lowest BCUT2D eigenvalue weighted by Gasteiger charge is -2.03. The Kier molecular flexibility index (Phi) is 3.44. The lowest BCUT2D eigenvalue weighted by molar-refractivity contribution is -0.136. The van der Waals surface area contributed by atoms with Crippen LogP contribution in [-0.4, -0.2) is 22.0 Å². The highest BCUT2D eigenvalue weighted by Crippen LogP contribution is 2.20. The molecule has 0 amide bonds. The molecule has 0 spiro atoms. The summed E-state index contributed by atoms with van der Waals surface area (Å²) in [5, 5.41) is 17.9. The molecule has 2 N–H and O–H groups in total. The van der Waals surface area contributed by atoms with Crippen molar-refractivity contribution in [2.45, 2.75) is 19.8 Å². The van der Waals surface area contributed by atoms with E-state index in [1.807, 2.05) is 0 Å². The van der Waals surface area contributed by atoms with Gasteiger partial charge in [-0.3, -0.25) is 9.59 Å². The van der Waals surface area contributed by atoms with Crippen LogP contribution in [-0.2, 0) is 4.79 Å². The molecule has 80 valence electrons. The fourth-order valence-corrected chi connectivity index (χ4v) is 1.23. The minimum absolute atomic E-state index is 0.0913. The molecule has 0 heterocycles. The van der Waals surface area contributed by atoms with E-state index in [0.29, 0.717) is 0 Å². The van der Waals surface area contributed by atoms with E-state index in [9.17, 15) is 14.7 Å². The van der Waals surface area contributed by atoms with Crippen LogP contribution in [0.4, 0.5) is 0 Å². The lowest BCUT2D eigenvalue weighted by Crippen LogP contribution is -2.04. The average molecular weight is 208 g/mol. The third-order valence-corrected chi connectivity index (χ3v) is 2.02. The summed E-state index contributed by atoms with van der Waals surface area (Å²) in [5.74, 6) is -1.46. The maximum atomic E-state index is 11.5. The molecule has 0 saturated carbocycles. The van der Waals surface area contributed by atoms with Crippen molar-refractivity contribution >= 4 is 11.8 Å². The molecule has 1 aromatic carbocycles. The number of carbonyl (C=O) groups excluding carboxylic acids is 1. The van der Waals surface area contributed by atoms with Crippen molar-refractivity contribution in [2.24, 2.45) is 0 Å². The summed E-state index contributed by atoms with van der Waals surface area (Å²) in [6, 6.07) is 4.69. The molecule has 4 heteroatoms. The minimum Gasteiger partial charge on any atom is -0.507 e. The highest BCUT2D eigenvalue weighted by atomic mass is 16.4. The Morgan fingerprint density at radius 1 is 1.27 bits per heavy atom. The zero-order valence-corrected chi connectivity index (χ0v) is 8.36. The molecule has 0 radical (unpaired) electrons. The van der Waals surface area contributed by atoms with Gasteiger partial charge in [0.1, 0.15) is 5.75 Å². The molecule has 0 unspecified atom stereocenters. The minimum atomic E-state index is -1.02. The number of benzene rings is 1. The second-order valence-corrected chi connectivity index (χ2v) is 3.34. The molecule has 0 bridgehead atoms. The van der Waals surface area contributed by atoms with E-state index in [2.05, 4.69) is 0 Å². The van der Waals surface area contributed by atoms with Gasteiger partial charge in [0, 0.05) is 6.42 Å². The van der Waals surface area contributed by atoms with E-state index in [-0.39, 0.29) is 29.9 Å². The molecule has 0 saturated heterocycles. The van der Waals surface area contributed by atoms with Crippen molar-refractivity contribution in [3.8, 4) is 5.75 Å². The van der Waals surface area contributed by atoms with Gasteiger partial charge in [-0.2, -0.15) is 0 Å². The molecular formula is C11H12O4. The van der Waals surface area contributed by atoms with E-state index in [1.165, 1.54) is 12.1 Å². The van der Waals surface area contributed by atoms with E-state index in [1.54, 1.807) is 13.0 Å². The fraction of sp³-hybridized carbons (Fsp3) is 0.273. The molecule has 1 rings (SSSR count). The van der Waals surface area contributed by atoms with Gasteiger partial charge in [0.2, 0.25) is 0 Å². The number of rotatable bonds is 4. The standard InChI is InChI=1S/C11H12O4/c1-7-2-3-8(10(13)6-7)9(12)4-5-11(14)15/h2-3,6,13H,4-5H2,1H3,(H,14,15). The van der Waals surface area contributed by atoms with Crippen molar-refractivity contribution in [1.29, 1.82) is 0 Å². The number of aromatic hydroxyl groups is 1. The molecule has 0 aromatic heterocycles. The van der Waals surface area contributed by atoms with Gasteiger partial charge in [-0.05, 0) is 24.6 Å². The van der Waals surface area contributed by atoms with Crippen molar-refractivity contribution < 1.29 is 19.8 Å². The number of aryl methyl sites for hydroxylation is 1. The normalized spacial score (nSPS) is 9.93. The Hall–Kier alpha value is -1.84. The first kappa shape index (κ1) is 11.2. The van der Waals surface area contributed by atoms with Crippen LogP contribution in [0.1, 0.15) is 28.8 Å². The number of hydrogen-bond donors (Lipinski definition) is 2. The van der Waals surface area contributed by atoms with Crippen LogP contribution in [0.15, 0.2) is 18.2 Å². The summed E-state index contributed by atoms with van der Waals surface area (Å²) in [4.78, 5) is 21.7. The fourth-order valence-electron chi connectivity index (χ4n) is 1.23. The number of Topliss-reactive ketones (excluding diaryl/α,β-unsaturated/α-hetero) is 1. The second-order valence-electron chi connectivity index (χ2n) is 3.34. The number of carboxylic acids is 1. The Bertz CT molecular complexity index is 396. The maximum Gasteiger partial charge on any atom is 0.303 e. The van der Waals surface area contributed by atoms with Crippen molar-refractivity contribution in [2.75, 3.05) is 0 Å². The van der Waals surface area contributed by atoms with Gasteiger partial charge in [-0.1, -0.05) is 6.07 Å². The van der Waals surface area contributed by atoms with Crippen molar-refractivity contribution in [3.05, 3.63) is 29.3 Å². The van der Waals surface area contributed by atoms with Gasteiger partial charge < -0.3 is 10.2 Å². The van der Waals surface area contributed by atoms with Crippen LogP contribution in [0, 0.1) is 6.92 Å². The van der Waals surface area contributed by atoms with Crippen LogP contribution >= 0.6 is 0 Å². The third-order valence-electron chi connectivity index (χ3n) is 2.02. The van der Waals surface area contributed by atoms with E-state index < -0.39 is 5.97 Å². The van der Waals surface area contributed by atoms with Crippen LogP contribution in [0.25, 0.3) is 0 Å². The number of phenols is 1. The first-order chi connectivity index (χ1) is 7.00. The summed E-state index contributed by atoms with van der Waals surface area (Å²) in [6.45, 7) is 1.80. The highest BCUT2D eigenvalue weighted by molar-refractivity contribution is 5.99. The van der Waals surface area contributed by atoms with Gasteiger partial charge in [-0.15, -0.1) is 0 Å². The lowest BCUT2D eigenvalue weighted by atomic mass is 10.0. The first-order valence-corrected chi connectivity index (χ1v) is 4.55. The van der Waals surface area contributed by atoms with Crippen LogP contribution < -0.4 is 0 Å². The molecule has 0 fully saturated rings. The molecule has 0 aliphatic rings. The maximum absolute atomic E-state index is 11.5. The quantitative estimate of drug-likeness (QED) is 0.739. The summed E-state index contributed by atoms with van der Waals surface area (Å²) in [5.41, 5.74) is 1.03. The molecule has 0 aliphatic heterocycles. The highest BCUT2D eigenvalue weighted by Gasteiger charge is 2.12.